The first-order valence-corrected chi connectivity index (χ1v) is 8.97. The number of aliphatic hydroxyl groups excluding tert-OH is 1. The highest BCUT2D eigenvalue weighted by atomic mass is 16.3. The van der Waals surface area contributed by atoms with Crippen molar-refractivity contribution >= 4 is 5.78 Å². The Labute approximate surface area is 133 Å². The van der Waals surface area contributed by atoms with E-state index in [1.54, 1.807) is 0 Å². The van der Waals surface area contributed by atoms with Gasteiger partial charge in [0.25, 0.3) is 0 Å². The number of rotatable bonds is 0. The molecule has 0 heterocycles. The minimum Gasteiger partial charge on any atom is -0.393 e. The van der Waals surface area contributed by atoms with Gasteiger partial charge >= 0.3 is 0 Å². The first-order valence-electron chi connectivity index (χ1n) is 8.97. The summed E-state index contributed by atoms with van der Waals surface area (Å²) in [5.41, 5.74) is 3.02. The third-order valence-electron chi connectivity index (χ3n) is 7.81. The fourth-order valence-corrected chi connectivity index (χ4v) is 6.35. The van der Waals surface area contributed by atoms with Crippen molar-refractivity contribution in [3.63, 3.8) is 0 Å². The summed E-state index contributed by atoms with van der Waals surface area (Å²) in [6.07, 6.45) is 10.3. The lowest BCUT2D eigenvalue weighted by Gasteiger charge is -2.57. The molecule has 120 valence electrons. The Morgan fingerprint density at radius 3 is 2.64 bits per heavy atom. The second-order valence-electron chi connectivity index (χ2n) is 8.75. The van der Waals surface area contributed by atoms with Crippen LogP contribution in [-0.4, -0.2) is 17.0 Å². The second-order valence-corrected chi connectivity index (χ2v) is 8.75. The molecule has 0 spiro atoms. The SMILES string of the molecule is CC1=CC2=CC(=O)CC[C@]2(C)[C@H]2CC[C@]3(C)[C@@H](O)CC[C@H]3[C@H]12. The van der Waals surface area contributed by atoms with Gasteiger partial charge in [0.15, 0.2) is 5.78 Å². The Kier molecular flexibility index (Phi) is 3.05. The molecule has 4 aliphatic rings. The lowest BCUT2D eigenvalue weighted by molar-refractivity contribution is -0.116. The molecule has 2 heteroatoms. The number of fused-ring (bicyclic) bond motifs is 5. The molecular formula is C20H28O2. The average Bonchev–Trinajstić information content (AvgIpc) is 2.77. The summed E-state index contributed by atoms with van der Waals surface area (Å²) in [7, 11) is 0. The predicted octanol–water partition coefficient (Wildman–Crippen LogP) is 4.05. The summed E-state index contributed by atoms with van der Waals surface area (Å²) in [6, 6.07) is 0. The Bertz CT molecular complexity index is 587. The molecule has 0 saturated heterocycles. The first-order chi connectivity index (χ1) is 10.4. The molecule has 2 saturated carbocycles. The zero-order chi connectivity index (χ0) is 15.7. The molecule has 0 amide bonds. The van der Waals surface area contributed by atoms with E-state index in [4.69, 9.17) is 0 Å². The van der Waals surface area contributed by atoms with Crippen LogP contribution < -0.4 is 0 Å². The van der Waals surface area contributed by atoms with Gasteiger partial charge in [-0.1, -0.05) is 25.5 Å². The fourth-order valence-electron chi connectivity index (χ4n) is 6.35. The number of carbonyl (C=O) groups is 1. The van der Waals surface area contributed by atoms with E-state index in [9.17, 15) is 9.90 Å². The van der Waals surface area contributed by atoms with E-state index in [1.807, 2.05) is 6.08 Å². The summed E-state index contributed by atoms with van der Waals surface area (Å²) < 4.78 is 0. The third kappa shape index (κ3) is 1.73. The lowest BCUT2D eigenvalue weighted by Crippen LogP contribution is -2.50. The molecular weight excluding hydrogens is 272 g/mol. The van der Waals surface area contributed by atoms with Gasteiger partial charge in [0.2, 0.25) is 0 Å². The van der Waals surface area contributed by atoms with Gasteiger partial charge in [0, 0.05) is 6.42 Å². The Hall–Kier alpha value is -0.890. The molecule has 0 bridgehead atoms. The average molecular weight is 300 g/mol. The normalized spacial score (nSPS) is 50.6. The van der Waals surface area contributed by atoms with E-state index in [2.05, 4.69) is 26.8 Å². The standard InChI is InChI=1S/C20H28O2/c1-12-10-13-11-14(21)6-8-19(13,2)16-7-9-20(3)15(18(12)16)4-5-17(20)22/h10-11,15-18,22H,4-9H2,1-3H3/t15-,16-,17-,18-,19-,20-/m0/s1. The molecule has 2 nitrogen and oxygen atoms in total. The van der Waals surface area contributed by atoms with E-state index >= 15 is 0 Å². The van der Waals surface area contributed by atoms with Crippen molar-refractivity contribution in [3.8, 4) is 0 Å². The van der Waals surface area contributed by atoms with Crippen molar-refractivity contribution in [2.45, 2.75) is 65.4 Å². The molecule has 0 aliphatic heterocycles. The summed E-state index contributed by atoms with van der Waals surface area (Å²) in [5.74, 6) is 2.17. The summed E-state index contributed by atoms with van der Waals surface area (Å²) in [4.78, 5) is 11.9. The number of allylic oxidation sites excluding steroid dienone is 4. The van der Waals surface area contributed by atoms with Gasteiger partial charge in [0.1, 0.15) is 0 Å². The summed E-state index contributed by atoms with van der Waals surface area (Å²) >= 11 is 0. The molecule has 6 atom stereocenters. The molecule has 4 rings (SSSR count). The van der Waals surface area contributed by atoms with Gasteiger partial charge in [-0.3, -0.25) is 4.79 Å². The van der Waals surface area contributed by atoms with Gasteiger partial charge in [-0.05, 0) is 79.3 Å². The smallest absolute Gasteiger partial charge is 0.156 e. The van der Waals surface area contributed by atoms with Crippen molar-refractivity contribution in [1.82, 2.24) is 0 Å². The van der Waals surface area contributed by atoms with E-state index < -0.39 is 0 Å². The molecule has 2 fully saturated rings. The molecule has 4 aliphatic carbocycles. The lowest BCUT2D eigenvalue weighted by atomic mass is 9.48. The van der Waals surface area contributed by atoms with Crippen LogP contribution in [0.1, 0.15) is 59.3 Å². The van der Waals surface area contributed by atoms with Crippen LogP contribution in [0.25, 0.3) is 0 Å². The zero-order valence-corrected chi connectivity index (χ0v) is 14.1. The van der Waals surface area contributed by atoms with Crippen LogP contribution in [0.15, 0.2) is 23.3 Å². The number of ketones is 1. The van der Waals surface area contributed by atoms with Crippen LogP contribution in [0.3, 0.4) is 0 Å². The number of hydrogen-bond donors (Lipinski definition) is 1. The minimum atomic E-state index is -0.121. The van der Waals surface area contributed by atoms with E-state index in [0.29, 0.717) is 30.0 Å². The van der Waals surface area contributed by atoms with Gasteiger partial charge in [0.05, 0.1) is 6.10 Å². The molecule has 0 aromatic rings. The van der Waals surface area contributed by atoms with Crippen molar-refractivity contribution in [2.75, 3.05) is 0 Å². The highest BCUT2D eigenvalue weighted by Crippen LogP contribution is 2.64. The van der Waals surface area contributed by atoms with Crippen LogP contribution in [-0.2, 0) is 4.79 Å². The molecule has 0 aromatic heterocycles. The van der Waals surface area contributed by atoms with Crippen LogP contribution in [0, 0.1) is 28.6 Å². The van der Waals surface area contributed by atoms with Gasteiger partial charge < -0.3 is 5.11 Å². The van der Waals surface area contributed by atoms with Crippen molar-refractivity contribution in [1.29, 1.82) is 0 Å². The maximum Gasteiger partial charge on any atom is 0.156 e. The maximum absolute atomic E-state index is 11.9. The minimum absolute atomic E-state index is 0.109. The topological polar surface area (TPSA) is 37.3 Å². The number of aliphatic hydroxyl groups is 1. The largest absolute Gasteiger partial charge is 0.393 e. The summed E-state index contributed by atoms with van der Waals surface area (Å²) in [6.45, 7) is 6.96. The zero-order valence-electron chi connectivity index (χ0n) is 14.1. The first kappa shape index (κ1) is 14.7. The number of hydrogen-bond acceptors (Lipinski definition) is 2. The van der Waals surface area contributed by atoms with Gasteiger partial charge in [-0.15, -0.1) is 0 Å². The van der Waals surface area contributed by atoms with Gasteiger partial charge in [-0.25, -0.2) is 0 Å². The predicted molar refractivity (Wildman–Crippen MR) is 87.2 cm³/mol. The van der Waals surface area contributed by atoms with Crippen LogP contribution in [0.2, 0.25) is 0 Å². The van der Waals surface area contributed by atoms with Crippen LogP contribution in [0.5, 0.6) is 0 Å². The highest BCUT2D eigenvalue weighted by Gasteiger charge is 2.58. The Balaban J connectivity index is 1.80. The van der Waals surface area contributed by atoms with Crippen molar-refractivity contribution in [2.24, 2.45) is 28.6 Å². The van der Waals surface area contributed by atoms with E-state index in [1.165, 1.54) is 17.6 Å². The maximum atomic E-state index is 11.9. The van der Waals surface area contributed by atoms with Crippen molar-refractivity contribution < 1.29 is 9.90 Å². The third-order valence-corrected chi connectivity index (χ3v) is 7.81. The quantitative estimate of drug-likeness (QED) is 0.733. The molecule has 22 heavy (non-hydrogen) atoms. The van der Waals surface area contributed by atoms with E-state index in [0.717, 1.165) is 25.7 Å². The van der Waals surface area contributed by atoms with Crippen LogP contribution in [0.4, 0.5) is 0 Å². The van der Waals surface area contributed by atoms with Gasteiger partial charge in [-0.2, -0.15) is 0 Å². The highest BCUT2D eigenvalue weighted by molar-refractivity contribution is 5.92. The Morgan fingerprint density at radius 1 is 1.09 bits per heavy atom. The van der Waals surface area contributed by atoms with E-state index in [-0.39, 0.29) is 16.9 Å². The Morgan fingerprint density at radius 2 is 1.86 bits per heavy atom. The fraction of sp³-hybridized carbons (Fsp3) is 0.750. The molecule has 0 radical (unpaired) electrons. The van der Waals surface area contributed by atoms with Crippen molar-refractivity contribution in [3.05, 3.63) is 23.3 Å². The van der Waals surface area contributed by atoms with Crippen LogP contribution >= 0.6 is 0 Å². The molecule has 1 N–H and O–H groups in total. The summed E-state index contributed by atoms with van der Waals surface area (Å²) in [5, 5.41) is 10.5. The second kappa shape index (κ2) is 4.56. The number of carbonyl (C=O) groups excluding carboxylic acids is 1. The molecule has 0 aromatic carbocycles. The monoisotopic (exact) mass is 300 g/mol. The molecule has 0 unspecified atom stereocenters.